The van der Waals surface area contributed by atoms with Crippen molar-refractivity contribution < 1.29 is 9.18 Å². The molecule has 0 spiro atoms. The first-order valence-corrected chi connectivity index (χ1v) is 8.41. The van der Waals surface area contributed by atoms with Crippen LogP contribution < -0.4 is 0 Å². The SMILES string of the molecule is Cc1nc(CC(=O)N(C2CC2)C(C)c2ccccc2F)cs1. The van der Waals surface area contributed by atoms with Gasteiger partial charge in [0.05, 0.1) is 23.2 Å². The Balaban J connectivity index is 1.80. The molecule has 116 valence electrons. The third-order valence-corrected chi connectivity index (χ3v) is 4.82. The summed E-state index contributed by atoms with van der Waals surface area (Å²) in [6, 6.07) is 6.69. The first-order chi connectivity index (χ1) is 10.6. The summed E-state index contributed by atoms with van der Waals surface area (Å²) < 4.78 is 14.0. The van der Waals surface area contributed by atoms with Gasteiger partial charge in [0.15, 0.2) is 0 Å². The summed E-state index contributed by atoms with van der Waals surface area (Å²) in [7, 11) is 0. The van der Waals surface area contributed by atoms with Crippen LogP contribution in [0.2, 0.25) is 0 Å². The zero-order chi connectivity index (χ0) is 15.7. The summed E-state index contributed by atoms with van der Waals surface area (Å²) in [5, 5.41) is 2.88. The molecule has 22 heavy (non-hydrogen) atoms. The van der Waals surface area contributed by atoms with Gasteiger partial charge >= 0.3 is 0 Å². The van der Waals surface area contributed by atoms with Crippen molar-refractivity contribution in [3.05, 3.63) is 51.7 Å². The molecule has 1 aromatic carbocycles. The van der Waals surface area contributed by atoms with Gasteiger partial charge in [-0.3, -0.25) is 4.79 Å². The number of amides is 1. The van der Waals surface area contributed by atoms with Crippen molar-refractivity contribution in [1.29, 1.82) is 0 Å². The maximum atomic E-state index is 14.0. The van der Waals surface area contributed by atoms with Crippen LogP contribution in [0.15, 0.2) is 29.6 Å². The molecule has 2 aromatic rings. The number of carbonyl (C=O) groups is 1. The minimum atomic E-state index is -0.252. The Labute approximate surface area is 133 Å². The van der Waals surface area contributed by atoms with Crippen molar-refractivity contribution in [2.75, 3.05) is 0 Å². The molecule has 1 atom stereocenters. The van der Waals surface area contributed by atoms with Crippen LogP contribution in [0.5, 0.6) is 0 Å². The zero-order valence-electron chi connectivity index (χ0n) is 12.8. The summed E-state index contributed by atoms with van der Waals surface area (Å²) in [6.45, 7) is 3.83. The largest absolute Gasteiger partial charge is 0.333 e. The molecular weight excluding hydrogens is 299 g/mol. The molecule has 1 aromatic heterocycles. The standard InChI is InChI=1S/C17H19FN2OS/c1-11(15-5-3-4-6-16(15)18)20(14-7-8-14)17(21)9-13-10-22-12(2)19-13/h3-6,10-11,14H,7-9H2,1-2H3. The van der Waals surface area contributed by atoms with E-state index in [9.17, 15) is 9.18 Å². The number of benzene rings is 1. The van der Waals surface area contributed by atoms with Gasteiger partial charge < -0.3 is 4.90 Å². The quantitative estimate of drug-likeness (QED) is 0.838. The molecule has 0 saturated heterocycles. The molecule has 1 amide bonds. The smallest absolute Gasteiger partial charge is 0.229 e. The Morgan fingerprint density at radius 3 is 2.77 bits per heavy atom. The Kier molecular flexibility index (Phi) is 4.25. The second-order valence-electron chi connectivity index (χ2n) is 5.76. The molecular formula is C17H19FN2OS. The highest BCUT2D eigenvalue weighted by atomic mass is 32.1. The van der Waals surface area contributed by atoms with Crippen LogP contribution in [-0.2, 0) is 11.2 Å². The molecule has 0 N–H and O–H groups in total. The zero-order valence-corrected chi connectivity index (χ0v) is 13.6. The molecule has 1 fully saturated rings. The first kappa shape index (κ1) is 15.2. The van der Waals surface area contributed by atoms with Gasteiger partial charge in [-0.05, 0) is 32.8 Å². The second-order valence-corrected chi connectivity index (χ2v) is 6.83. The third kappa shape index (κ3) is 3.19. The maximum absolute atomic E-state index is 14.0. The van der Waals surface area contributed by atoms with Crippen molar-refractivity contribution in [3.8, 4) is 0 Å². The van der Waals surface area contributed by atoms with Crippen LogP contribution in [0.4, 0.5) is 4.39 Å². The Hall–Kier alpha value is -1.75. The number of hydrogen-bond donors (Lipinski definition) is 0. The van der Waals surface area contributed by atoms with Gasteiger partial charge in [-0.2, -0.15) is 0 Å². The van der Waals surface area contributed by atoms with E-state index in [0.29, 0.717) is 12.0 Å². The number of aryl methyl sites for hydroxylation is 1. The molecule has 0 bridgehead atoms. The second kappa shape index (κ2) is 6.16. The molecule has 3 nitrogen and oxygen atoms in total. The first-order valence-electron chi connectivity index (χ1n) is 7.53. The van der Waals surface area contributed by atoms with E-state index in [-0.39, 0.29) is 23.8 Å². The van der Waals surface area contributed by atoms with Crippen molar-refractivity contribution in [2.24, 2.45) is 0 Å². The van der Waals surface area contributed by atoms with Crippen LogP contribution in [0.25, 0.3) is 0 Å². The molecule has 0 radical (unpaired) electrons. The number of aromatic nitrogens is 1. The van der Waals surface area contributed by atoms with Gasteiger partial charge in [0, 0.05) is 17.0 Å². The molecule has 1 saturated carbocycles. The van der Waals surface area contributed by atoms with E-state index in [1.54, 1.807) is 23.5 Å². The van der Waals surface area contributed by atoms with E-state index < -0.39 is 0 Å². The molecule has 0 aliphatic heterocycles. The fourth-order valence-electron chi connectivity index (χ4n) is 2.79. The van der Waals surface area contributed by atoms with Crippen LogP contribution in [0.1, 0.15) is 42.1 Å². The summed E-state index contributed by atoms with van der Waals surface area (Å²) in [5.41, 5.74) is 1.39. The molecule has 1 unspecified atom stereocenters. The monoisotopic (exact) mass is 318 g/mol. The van der Waals surface area contributed by atoms with Crippen LogP contribution in [0.3, 0.4) is 0 Å². The van der Waals surface area contributed by atoms with E-state index in [1.807, 2.05) is 30.2 Å². The summed E-state index contributed by atoms with van der Waals surface area (Å²) in [6.07, 6.45) is 2.29. The maximum Gasteiger partial charge on any atom is 0.229 e. The van der Waals surface area contributed by atoms with Gasteiger partial charge in [0.25, 0.3) is 0 Å². The van der Waals surface area contributed by atoms with Gasteiger partial charge in [-0.15, -0.1) is 11.3 Å². The number of halogens is 1. The lowest BCUT2D eigenvalue weighted by atomic mass is 10.1. The van der Waals surface area contributed by atoms with Crippen molar-refractivity contribution in [3.63, 3.8) is 0 Å². The van der Waals surface area contributed by atoms with E-state index in [2.05, 4.69) is 4.98 Å². The fourth-order valence-corrected chi connectivity index (χ4v) is 3.40. The molecule has 3 rings (SSSR count). The highest BCUT2D eigenvalue weighted by Gasteiger charge is 2.36. The summed E-state index contributed by atoms with van der Waals surface area (Å²) >= 11 is 1.55. The minimum Gasteiger partial charge on any atom is -0.333 e. The Morgan fingerprint density at radius 2 is 2.18 bits per heavy atom. The van der Waals surface area contributed by atoms with Crippen molar-refractivity contribution in [2.45, 2.75) is 45.2 Å². The predicted octanol–water partition coefficient (Wildman–Crippen LogP) is 3.89. The van der Waals surface area contributed by atoms with Gasteiger partial charge in [0.1, 0.15) is 5.82 Å². The topological polar surface area (TPSA) is 33.2 Å². The highest BCUT2D eigenvalue weighted by Crippen LogP contribution is 2.35. The van der Waals surface area contributed by atoms with Crippen molar-refractivity contribution in [1.82, 2.24) is 9.88 Å². The Bertz CT molecular complexity index is 681. The molecule has 1 heterocycles. The molecule has 5 heteroatoms. The average Bonchev–Trinajstić information content (AvgIpc) is 3.22. The minimum absolute atomic E-state index is 0.0311. The lowest BCUT2D eigenvalue weighted by Gasteiger charge is -2.30. The molecule has 1 aliphatic carbocycles. The molecule has 1 aliphatic rings. The summed E-state index contributed by atoms with van der Waals surface area (Å²) in [5.74, 6) is -0.221. The van der Waals surface area contributed by atoms with Gasteiger partial charge in [-0.25, -0.2) is 9.37 Å². The van der Waals surface area contributed by atoms with Crippen LogP contribution in [0, 0.1) is 12.7 Å². The van der Waals surface area contributed by atoms with E-state index >= 15 is 0 Å². The number of nitrogens with zero attached hydrogens (tertiary/aromatic N) is 2. The van der Waals surface area contributed by atoms with Crippen LogP contribution in [-0.4, -0.2) is 21.8 Å². The predicted molar refractivity (Wildman–Crippen MR) is 85.2 cm³/mol. The number of carbonyl (C=O) groups excluding carboxylic acids is 1. The fraction of sp³-hybridized carbons (Fsp3) is 0.412. The number of thiazole rings is 1. The van der Waals surface area contributed by atoms with E-state index in [1.165, 1.54) is 6.07 Å². The van der Waals surface area contributed by atoms with Gasteiger partial charge in [-0.1, -0.05) is 18.2 Å². The van der Waals surface area contributed by atoms with Crippen LogP contribution >= 0.6 is 11.3 Å². The lowest BCUT2D eigenvalue weighted by Crippen LogP contribution is -2.37. The Morgan fingerprint density at radius 1 is 1.45 bits per heavy atom. The van der Waals surface area contributed by atoms with E-state index in [4.69, 9.17) is 0 Å². The normalized spacial score (nSPS) is 15.6. The third-order valence-electron chi connectivity index (χ3n) is 4.00. The average molecular weight is 318 g/mol. The highest BCUT2D eigenvalue weighted by molar-refractivity contribution is 7.09. The summed E-state index contributed by atoms with van der Waals surface area (Å²) in [4.78, 5) is 18.9. The lowest BCUT2D eigenvalue weighted by molar-refractivity contribution is -0.133. The number of rotatable bonds is 5. The van der Waals surface area contributed by atoms with Crippen molar-refractivity contribution >= 4 is 17.2 Å². The van der Waals surface area contributed by atoms with E-state index in [0.717, 1.165) is 23.5 Å². The number of hydrogen-bond acceptors (Lipinski definition) is 3. The van der Waals surface area contributed by atoms with Gasteiger partial charge in [0.2, 0.25) is 5.91 Å².